The van der Waals surface area contributed by atoms with Crippen LogP contribution in [0.15, 0.2) is 91.0 Å². The number of hydrogen-bond donors (Lipinski definition) is 0. The third-order valence-corrected chi connectivity index (χ3v) is 7.98. The van der Waals surface area contributed by atoms with Crippen LogP contribution >= 0.6 is 7.26 Å². The Balaban J connectivity index is 0.000000399. The van der Waals surface area contributed by atoms with E-state index in [1.54, 1.807) is 0 Å². The minimum atomic E-state index is -1.53. The average Bonchev–Trinajstić information content (AvgIpc) is 2.70. The number of benzene rings is 3. The summed E-state index contributed by atoms with van der Waals surface area (Å²) in [7, 11) is -0.489. The maximum atomic E-state index is 9.03. The highest BCUT2D eigenvalue weighted by atomic mass is 31.2. The first-order valence-corrected chi connectivity index (χ1v) is 10.1. The lowest BCUT2D eigenvalue weighted by Crippen LogP contribution is -2.30. The Morgan fingerprint density at radius 1 is 0.720 bits per heavy atom. The second kappa shape index (κ2) is 9.00. The summed E-state index contributed by atoms with van der Waals surface area (Å²) in [5.74, 6) is 0. The Labute approximate surface area is 149 Å². The molecule has 3 rings (SSSR count). The summed E-state index contributed by atoms with van der Waals surface area (Å²) < 4.78 is 3.56. The van der Waals surface area contributed by atoms with Gasteiger partial charge in [0.15, 0.2) is 0 Å². The van der Waals surface area contributed by atoms with E-state index in [1.807, 2.05) is 0 Å². The summed E-state index contributed by atoms with van der Waals surface area (Å²) in [6.45, 7) is 2.41. The van der Waals surface area contributed by atoms with Gasteiger partial charge in [0, 0.05) is 7.11 Å². The zero-order valence-corrected chi connectivity index (χ0v) is 15.2. The molecule has 0 bridgehead atoms. The van der Waals surface area contributed by atoms with Crippen LogP contribution in [0.5, 0.6) is 0 Å². The largest absolute Gasteiger partial charge is 0.553 e. The zero-order chi connectivity index (χ0) is 18.1. The van der Waals surface area contributed by atoms with Crippen molar-refractivity contribution in [3.05, 3.63) is 91.0 Å². The van der Waals surface area contributed by atoms with E-state index in [-0.39, 0.29) is 0 Å². The van der Waals surface area contributed by atoms with Gasteiger partial charge in [-0.25, -0.2) is 0 Å². The number of carbonyl (C=O) groups is 1. The first-order chi connectivity index (χ1) is 12.1. The predicted octanol–water partition coefficient (Wildman–Crippen LogP) is 2.59. The van der Waals surface area contributed by atoms with Crippen molar-refractivity contribution in [3.8, 4) is 0 Å². The second-order valence-corrected chi connectivity index (χ2v) is 9.03. The summed E-state index contributed by atoms with van der Waals surface area (Å²) >= 11 is 0. The molecule has 0 radical (unpaired) electrons. The van der Waals surface area contributed by atoms with Gasteiger partial charge in [-0.3, -0.25) is 0 Å². The maximum absolute atomic E-state index is 9.03. The normalized spacial score (nSPS) is 10.3. The molecule has 25 heavy (non-hydrogen) atoms. The smallest absolute Gasteiger partial charge is 0.251 e. The van der Waals surface area contributed by atoms with Crippen molar-refractivity contribution in [1.82, 2.24) is 0 Å². The van der Waals surface area contributed by atoms with Gasteiger partial charge in [-0.05, 0) is 36.4 Å². The fourth-order valence-electron chi connectivity index (χ4n) is 2.63. The second-order valence-electron chi connectivity index (χ2n) is 5.47. The Morgan fingerprint density at radius 3 is 1.16 bits per heavy atom. The minimum Gasteiger partial charge on any atom is -0.553 e. The molecule has 0 aliphatic heterocycles. The van der Waals surface area contributed by atoms with Crippen molar-refractivity contribution in [2.75, 3.05) is 13.8 Å². The highest BCUT2D eigenvalue weighted by Crippen LogP contribution is 2.51. The first kappa shape index (κ1) is 18.7. The first-order valence-electron chi connectivity index (χ1n) is 7.87. The fraction of sp³-hybridized carbons (Fsp3) is 0.0952. The maximum Gasteiger partial charge on any atom is 0.251 e. The van der Waals surface area contributed by atoms with Crippen molar-refractivity contribution in [2.24, 2.45) is 0 Å². The minimum absolute atomic E-state index is 1.04. The third kappa shape index (κ3) is 4.68. The van der Waals surface area contributed by atoms with Crippen LogP contribution in [0.2, 0.25) is 0 Å². The molecule has 0 aliphatic rings. The van der Waals surface area contributed by atoms with Gasteiger partial charge >= 0.3 is 0 Å². The standard InChI is InChI=1S/C19H18P.C2H4O3/c1-20(17-11-5-2-6-12-17,18-13-7-3-8-14-18)19-15-9-4-10-16-19;1-5-2(3)4/h2-16H,1H3;1H3,(H,3,4)/q+1;/p-1. The van der Waals surface area contributed by atoms with Crippen LogP contribution in [-0.4, -0.2) is 19.9 Å². The molecular weight excluding hydrogens is 331 g/mol. The van der Waals surface area contributed by atoms with Crippen LogP contribution < -0.4 is 21.0 Å². The number of carbonyl (C=O) groups excluding carboxylic acids is 1. The molecule has 0 atom stereocenters. The Bertz CT molecular complexity index is 677. The van der Waals surface area contributed by atoms with E-state index >= 15 is 0 Å². The van der Waals surface area contributed by atoms with Crippen LogP contribution in [0.3, 0.4) is 0 Å². The molecule has 0 aromatic heterocycles. The Kier molecular flexibility index (Phi) is 6.73. The lowest BCUT2D eigenvalue weighted by molar-refractivity contribution is -0.279. The quantitative estimate of drug-likeness (QED) is 0.538. The van der Waals surface area contributed by atoms with Crippen LogP contribution in [0.1, 0.15) is 0 Å². The third-order valence-electron chi connectivity index (χ3n) is 3.98. The van der Waals surface area contributed by atoms with Crippen molar-refractivity contribution in [3.63, 3.8) is 0 Å². The van der Waals surface area contributed by atoms with E-state index in [9.17, 15) is 0 Å². The number of methoxy groups -OCH3 is 1. The van der Waals surface area contributed by atoms with E-state index in [2.05, 4.69) is 102 Å². The number of ether oxygens (including phenoxy) is 1. The van der Waals surface area contributed by atoms with Gasteiger partial charge in [0.1, 0.15) is 23.2 Å². The average molecular weight is 352 g/mol. The number of carboxylic acid groups (broad SMARTS) is 1. The molecule has 0 heterocycles. The predicted molar refractivity (Wildman–Crippen MR) is 103 cm³/mol. The molecule has 3 nitrogen and oxygen atoms in total. The molecule has 0 saturated carbocycles. The molecule has 0 spiro atoms. The van der Waals surface area contributed by atoms with E-state index in [0.717, 1.165) is 7.11 Å². The fourth-order valence-corrected chi connectivity index (χ4v) is 5.83. The van der Waals surface area contributed by atoms with Crippen molar-refractivity contribution in [2.45, 2.75) is 0 Å². The Morgan fingerprint density at radius 2 is 0.960 bits per heavy atom. The Hall–Kier alpha value is -2.64. The van der Waals surface area contributed by atoms with Gasteiger partial charge in [-0.2, -0.15) is 0 Å². The van der Waals surface area contributed by atoms with Gasteiger partial charge in [-0.1, -0.05) is 54.6 Å². The van der Waals surface area contributed by atoms with E-state index < -0.39 is 13.4 Å². The van der Waals surface area contributed by atoms with Crippen molar-refractivity contribution in [1.29, 1.82) is 0 Å². The molecule has 0 saturated heterocycles. The van der Waals surface area contributed by atoms with Crippen LogP contribution in [0.4, 0.5) is 4.79 Å². The van der Waals surface area contributed by atoms with Gasteiger partial charge in [0.05, 0.1) is 6.66 Å². The van der Waals surface area contributed by atoms with Crippen LogP contribution in [0, 0.1) is 0 Å². The molecule has 0 fully saturated rings. The van der Waals surface area contributed by atoms with Gasteiger partial charge in [0.25, 0.3) is 6.16 Å². The van der Waals surface area contributed by atoms with Gasteiger partial charge in [0.2, 0.25) is 0 Å². The summed E-state index contributed by atoms with van der Waals surface area (Å²) in [5, 5.41) is 13.3. The summed E-state index contributed by atoms with van der Waals surface area (Å²) in [6.07, 6.45) is -1.50. The van der Waals surface area contributed by atoms with Gasteiger partial charge in [-0.15, -0.1) is 0 Å². The summed E-state index contributed by atoms with van der Waals surface area (Å²) in [6, 6.07) is 32.6. The highest BCUT2D eigenvalue weighted by Gasteiger charge is 2.39. The molecule has 3 aromatic carbocycles. The number of rotatable bonds is 3. The van der Waals surface area contributed by atoms with E-state index in [4.69, 9.17) is 9.90 Å². The molecule has 128 valence electrons. The van der Waals surface area contributed by atoms with E-state index in [0.29, 0.717) is 0 Å². The summed E-state index contributed by atoms with van der Waals surface area (Å²) in [4.78, 5) is 9.03. The monoisotopic (exact) mass is 352 g/mol. The molecule has 4 heteroatoms. The SMILES string of the molecule is COC(=O)[O-].C[P+](c1ccccc1)(c1ccccc1)c1ccccc1. The molecule has 0 amide bonds. The lowest BCUT2D eigenvalue weighted by atomic mass is 10.4. The zero-order valence-electron chi connectivity index (χ0n) is 14.3. The van der Waals surface area contributed by atoms with Gasteiger partial charge < -0.3 is 14.6 Å². The molecule has 0 aliphatic carbocycles. The van der Waals surface area contributed by atoms with Crippen LogP contribution in [0.25, 0.3) is 0 Å². The topological polar surface area (TPSA) is 49.4 Å². The van der Waals surface area contributed by atoms with Crippen molar-refractivity contribution >= 4 is 29.3 Å². The molecule has 3 aromatic rings. The van der Waals surface area contributed by atoms with Crippen molar-refractivity contribution < 1.29 is 14.6 Å². The highest BCUT2D eigenvalue weighted by molar-refractivity contribution is 7.95. The van der Waals surface area contributed by atoms with Crippen LogP contribution in [-0.2, 0) is 4.74 Å². The molecule has 0 N–H and O–H groups in total. The summed E-state index contributed by atoms with van der Waals surface area (Å²) in [5.41, 5.74) is 0. The van der Waals surface area contributed by atoms with E-state index in [1.165, 1.54) is 15.9 Å². The number of hydrogen-bond acceptors (Lipinski definition) is 3. The molecule has 0 unspecified atom stereocenters. The molecular formula is C21H21O3P. The lowest BCUT2D eigenvalue weighted by Gasteiger charge is -2.22.